The van der Waals surface area contributed by atoms with Crippen molar-refractivity contribution < 1.29 is 9.53 Å². The van der Waals surface area contributed by atoms with Gasteiger partial charge in [-0.15, -0.1) is 0 Å². The minimum absolute atomic E-state index is 0.117. The highest BCUT2D eigenvalue weighted by atomic mass is 16.6. The van der Waals surface area contributed by atoms with Crippen molar-refractivity contribution in [3.05, 3.63) is 35.4 Å². The summed E-state index contributed by atoms with van der Waals surface area (Å²) < 4.78 is 6.11. The van der Waals surface area contributed by atoms with Gasteiger partial charge in [0.25, 0.3) is 0 Å². The van der Waals surface area contributed by atoms with Crippen LogP contribution in [0.15, 0.2) is 24.3 Å². The number of esters is 1. The first-order chi connectivity index (χ1) is 9.96. The van der Waals surface area contributed by atoms with Gasteiger partial charge in [0.2, 0.25) is 0 Å². The Bertz CT molecular complexity index is 648. The maximum Gasteiger partial charge on any atom is 0.338 e. The molecule has 4 fully saturated rings. The fraction of sp³-hybridized carbons (Fsp3) is 0.632. The van der Waals surface area contributed by atoms with E-state index in [9.17, 15) is 4.79 Å². The van der Waals surface area contributed by atoms with Crippen molar-refractivity contribution in [2.24, 2.45) is 22.7 Å². The molecule has 4 aliphatic rings. The monoisotopic (exact) mass is 282 g/mol. The fourth-order valence-corrected chi connectivity index (χ4v) is 6.75. The predicted molar refractivity (Wildman–Crippen MR) is 79.9 cm³/mol. The van der Waals surface area contributed by atoms with Crippen LogP contribution in [0.3, 0.4) is 0 Å². The van der Waals surface area contributed by atoms with Gasteiger partial charge in [0, 0.05) is 0 Å². The van der Waals surface area contributed by atoms with Crippen LogP contribution in [-0.2, 0) is 4.74 Å². The van der Waals surface area contributed by atoms with E-state index in [2.05, 4.69) is 6.92 Å². The maximum atomic E-state index is 12.5. The van der Waals surface area contributed by atoms with Gasteiger partial charge < -0.3 is 4.74 Å². The quantitative estimate of drug-likeness (QED) is 0.763. The summed E-state index contributed by atoms with van der Waals surface area (Å²) >= 11 is 0. The average Bonchev–Trinajstić information content (AvgIpc) is 2.82. The Balaban J connectivity index is 1.42. The Hall–Kier alpha value is -1.31. The van der Waals surface area contributed by atoms with Gasteiger partial charge in [-0.2, -0.15) is 0 Å². The molecule has 2 heteroatoms. The molecule has 0 aliphatic heterocycles. The summed E-state index contributed by atoms with van der Waals surface area (Å²) in [6.45, 7) is 4.48. The Kier molecular flexibility index (Phi) is 1.96. The normalized spacial score (nSPS) is 48.3. The first-order valence-corrected chi connectivity index (χ1v) is 8.27. The standard InChI is InChI=1S/C19H22O2/c1-12-3-5-13(6-4-12)16(20)21-18-9-15-7-14-8-17(2,10-18)19(14,15)11-18/h3-6,14-15H,7-11H2,1-2H3. The van der Waals surface area contributed by atoms with Crippen molar-refractivity contribution in [2.75, 3.05) is 0 Å². The van der Waals surface area contributed by atoms with Gasteiger partial charge >= 0.3 is 5.97 Å². The van der Waals surface area contributed by atoms with E-state index >= 15 is 0 Å². The van der Waals surface area contributed by atoms with Crippen LogP contribution in [0.5, 0.6) is 0 Å². The molecule has 4 aliphatic carbocycles. The van der Waals surface area contributed by atoms with E-state index in [0.29, 0.717) is 16.4 Å². The minimum atomic E-state index is -0.146. The molecule has 5 rings (SSSR count). The maximum absolute atomic E-state index is 12.5. The summed E-state index contributed by atoms with van der Waals surface area (Å²) in [6.07, 6.45) is 6.12. The molecule has 110 valence electrons. The van der Waals surface area contributed by atoms with Crippen LogP contribution in [0.4, 0.5) is 0 Å². The van der Waals surface area contributed by atoms with Gasteiger partial charge in [0.15, 0.2) is 0 Å². The molecule has 21 heavy (non-hydrogen) atoms. The number of aryl methyl sites for hydroxylation is 1. The smallest absolute Gasteiger partial charge is 0.338 e. The fourth-order valence-electron chi connectivity index (χ4n) is 6.75. The Labute approximate surface area is 125 Å². The third-order valence-corrected chi connectivity index (χ3v) is 7.39. The minimum Gasteiger partial charge on any atom is -0.455 e. The summed E-state index contributed by atoms with van der Waals surface area (Å²) in [5, 5.41) is 0. The second kappa shape index (κ2) is 3.37. The number of benzene rings is 1. The molecule has 1 spiro atoms. The topological polar surface area (TPSA) is 26.3 Å². The van der Waals surface area contributed by atoms with E-state index in [1.165, 1.54) is 18.4 Å². The van der Waals surface area contributed by atoms with Crippen molar-refractivity contribution in [1.29, 1.82) is 0 Å². The average molecular weight is 282 g/mol. The molecule has 2 bridgehead atoms. The van der Waals surface area contributed by atoms with E-state index in [-0.39, 0.29) is 11.6 Å². The summed E-state index contributed by atoms with van der Waals surface area (Å²) in [7, 11) is 0. The highest BCUT2D eigenvalue weighted by Gasteiger charge is 2.83. The Morgan fingerprint density at radius 2 is 1.86 bits per heavy atom. The van der Waals surface area contributed by atoms with Crippen molar-refractivity contribution in [1.82, 2.24) is 0 Å². The molecule has 0 radical (unpaired) electrons. The van der Waals surface area contributed by atoms with Gasteiger partial charge in [0.05, 0.1) is 5.56 Å². The molecule has 0 aromatic heterocycles. The highest BCUT2D eigenvalue weighted by molar-refractivity contribution is 5.89. The molecule has 0 N–H and O–H groups in total. The summed E-state index contributed by atoms with van der Waals surface area (Å²) in [5.74, 6) is 1.66. The van der Waals surface area contributed by atoms with Crippen LogP contribution in [0.1, 0.15) is 54.9 Å². The number of carbonyl (C=O) groups is 1. The van der Waals surface area contributed by atoms with Crippen LogP contribution in [0.25, 0.3) is 0 Å². The van der Waals surface area contributed by atoms with Gasteiger partial charge in [-0.3, -0.25) is 0 Å². The lowest BCUT2D eigenvalue weighted by Crippen LogP contribution is -2.65. The number of fused-ring (bicyclic) bond motifs is 1. The van der Waals surface area contributed by atoms with Crippen LogP contribution in [0.2, 0.25) is 0 Å². The first kappa shape index (κ1) is 12.3. The van der Waals surface area contributed by atoms with Crippen LogP contribution >= 0.6 is 0 Å². The molecular formula is C19H22O2. The summed E-state index contributed by atoms with van der Waals surface area (Å²) in [5.41, 5.74) is 2.75. The zero-order chi connectivity index (χ0) is 14.5. The SMILES string of the molecule is Cc1ccc(C(=O)OC23CC4CC5CC(C)(C2)C45C3)cc1. The molecule has 1 aromatic rings. The molecule has 0 amide bonds. The molecule has 5 atom stereocenters. The van der Waals surface area contributed by atoms with Crippen LogP contribution in [0, 0.1) is 29.6 Å². The van der Waals surface area contributed by atoms with Crippen LogP contribution < -0.4 is 0 Å². The van der Waals surface area contributed by atoms with Gasteiger partial charge in [0.1, 0.15) is 5.60 Å². The lowest BCUT2D eigenvalue weighted by Gasteiger charge is -2.72. The summed E-state index contributed by atoms with van der Waals surface area (Å²) in [4.78, 5) is 12.5. The molecule has 0 saturated heterocycles. The number of carbonyl (C=O) groups excluding carboxylic acids is 1. The van der Waals surface area contributed by atoms with E-state index in [0.717, 1.165) is 31.1 Å². The zero-order valence-electron chi connectivity index (χ0n) is 12.8. The molecular weight excluding hydrogens is 260 g/mol. The highest BCUT2D eigenvalue weighted by Crippen LogP contribution is 2.87. The number of ether oxygens (including phenoxy) is 1. The van der Waals surface area contributed by atoms with Crippen molar-refractivity contribution >= 4 is 5.97 Å². The third-order valence-electron chi connectivity index (χ3n) is 7.39. The van der Waals surface area contributed by atoms with E-state index < -0.39 is 0 Å². The zero-order valence-corrected chi connectivity index (χ0v) is 12.8. The lowest BCUT2D eigenvalue weighted by atomic mass is 9.32. The number of rotatable bonds is 2. The molecule has 1 aromatic carbocycles. The molecule has 2 nitrogen and oxygen atoms in total. The third kappa shape index (κ3) is 1.24. The molecule has 5 unspecified atom stereocenters. The van der Waals surface area contributed by atoms with E-state index in [1.807, 2.05) is 31.2 Å². The number of hydrogen-bond acceptors (Lipinski definition) is 2. The lowest BCUT2D eigenvalue weighted by molar-refractivity contribution is -0.239. The second-order valence-electron chi connectivity index (χ2n) is 8.43. The largest absolute Gasteiger partial charge is 0.455 e. The van der Waals surface area contributed by atoms with Crippen molar-refractivity contribution in [2.45, 2.75) is 51.6 Å². The van der Waals surface area contributed by atoms with E-state index in [4.69, 9.17) is 4.74 Å². The first-order valence-electron chi connectivity index (χ1n) is 8.27. The molecule has 4 saturated carbocycles. The van der Waals surface area contributed by atoms with Crippen LogP contribution in [-0.4, -0.2) is 11.6 Å². The van der Waals surface area contributed by atoms with Gasteiger partial charge in [-0.25, -0.2) is 4.79 Å². The van der Waals surface area contributed by atoms with Crippen molar-refractivity contribution in [3.63, 3.8) is 0 Å². The summed E-state index contributed by atoms with van der Waals surface area (Å²) in [6, 6.07) is 7.76. The Morgan fingerprint density at radius 3 is 2.48 bits per heavy atom. The predicted octanol–water partition coefficient (Wildman–Crippen LogP) is 4.12. The van der Waals surface area contributed by atoms with Gasteiger partial charge in [-0.05, 0) is 73.8 Å². The molecule has 0 heterocycles. The number of hydrogen-bond donors (Lipinski definition) is 0. The van der Waals surface area contributed by atoms with E-state index in [1.54, 1.807) is 0 Å². The van der Waals surface area contributed by atoms with Crippen molar-refractivity contribution in [3.8, 4) is 0 Å². The van der Waals surface area contributed by atoms with Gasteiger partial charge in [-0.1, -0.05) is 24.6 Å². The second-order valence-corrected chi connectivity index (χ2v) is 8.43. The Morgan fingerprint density at radius 1 is 1.14 bits per heavy atom.